The number of hydrogen-bond donors (Lipinski definition) is 0. The zero-order valence-corrected chi connectivity index (χ0v) is 15.1. The molecule has 0 aromatic heterocycles. The molecule has 2 rings (SSSR count). The molecule has 0 bridgehead atoms. The molecule has 0 aliphatic heterocycles. The Hall–Kier alpha value is -0.0700. The first-order valence-electron chi connectivity index (χ1n) is 6.04. The van der Waals surface area contributed by atoms with Crippen molar-refractivity contribution >= 4 is 18.8 Å². The summed E-state index contributed by atoms with van der Waals surface area (Å²) in [7, 11) is -0.611. The van der Waals surface area contributed by atoms with Crippen LogP contribution in [0.15, 0.2) is 36.4 Å². The summed E-state index contributed by atoms with van der Waals surface area (Å²) in [5.74, 6) is 0. The van der Waals surface area contributed by atoms with E-state index in [0.29, 0.717) is 0 Å². The van der Waals surface area contributed by atoms with E-state index in [4.69, 9.17) is 0 Å². The average Bonchev–Trinajstić information content (AvgIpc) is 2.57. The van der Waals surface area contributed by atoms with Gasteiger partial charge in [0.05, 0.1) is 0 Å². The van der Waals surface area contributed by atoms with Crippen LogP contribution in [-0.2, 0) is 32.6 Å². The molecule has 17 heavy (non-hydrogen) atoms. The monoisotopic (exact) mass is 321 g/mol. The second kappa shape index (κ2) is 7.38. The van der Waals surface area contributed by atoms with Crippen LogP contribution in [0, 0.1) is 0 Å². The van der Waals surface area contributed by atoms with Gasteiger partial charge in [-0.2, -0.15) is 6.07 Å². The van der Waals surface area contributed by atoms with Gasteiger partial charge in [-0.25, -0.2) is 0 Å². The number of aryl methyl sites for hydroxylation is 1. The summed E-state index contributed by atoms with van der Waals surface area (Å²) in [6.45, 7) is 11.5. The maximum absolute atomic E-state index is 2.33. The number of hydrogen-bond acceptors (Lipinski definition) is 0. The minimum Gasteiger partial charge on any atom is -0.165 e. The normalized spacial score (nSPS) is 10.4. The number of benzene rings is 1. The van der Waals surface area contributed by atoms with E-state index in [2.05, 4.69) is 69.5 Å². The number of rotatable bonds is 1. The summed E-state index contributed by atoms with van der Waals surface area (Å²) in [6.07, 6.45) is 1.13. The minimum atomic E-state index is -0.611. The molecule has 0 heterocycles. The Kier molecular flexibility index (Phi) is 7.35. The second-order valence-electron chi connectivity index (χ2n) is 5.85. The van der Waals surface area contributed by atoms with Crippen LogP contribution in [0.4, 0.5) is 0 Å². The zero-order valence-electron chi connectivity index (χ0n) is 11.7. The van der Waals surface area contributed by atoms with Gasteiger partial charge >= 0.3 is 0 Å². The van der Waals surface area contributed by atoms with Gasteiger partial charge in [0, 0.05) is 34.3 Å². The van der Waals surface area contributed by atoms with Crippen molar-refractivity contribution in [3.63, 3.8) is 0 Å². The largest absolute Gasteiger partial charge is 0.165 e. The van der Waals surface area contributed by atoms with E-state index in [-0.39, 0.29) is 26.2 Å². The van der Waals surface area contributed by atoms with E-state index in [9.17, 15) is 0 Å². The summed E-state index contributed by atoms with van der Waals surface area (Å²) >= 11 is 0. The van der Waals surface area contributed by atoms with Crippen molar-refractivity contribution in [3.05, 3.63) is 42.0 Å². The van der Waals surface area contributed by atoms with Gasteiger partial charge < -0.3 is 0 Å². The average molecular weight is 323 g/mol. The van der Waals surface area contributed by atoms with Crippen LogP contribution in [-0.4, -0.2) is 8.07 Å². The topological polar surface area (TPSA) is 0 Å². The second-order valence-corrected chi connectivity index (χ2v) is 11.8. The van der Waals surface area contributed by atoms with Gasteiger partial charge in [0.25, 0.3) is 0 Å². The molecule has 2 aromatic carbocycles. The Bertz CT molecular complexity index is 398. The van der Waals surface area contributed by atoms with Gasteiger partial charge in [-0.1, -0.05) is 39.2 Å². The Balaban J connectivity index is 0.000000373. The van der Waals surface area contributed by atoms with Crippen molar-refractivity contribution < 1.29 is 26.2 Å². The van der Waals surface area contributed by atoms with E-state index < -0.39 is 8.07 Å². The molecule has 92 valence electrons. The van der Waals surface area contributed by atoms with Gasteiger partial charge in [0.2, 0.25) is 0 Å². The van der Waals surface area contributed by atoms with E-state index in [1.807, 2.05) is 0 Å². The standard InChI is InChI=1S/C11H11.C4H12Si.Zr/c1-2-9-7-10-5-3-4-6-11(10)8-9;1-5(2,3)4;/h3-8H,2H2,1H3;1-4H3;/q-1;;. The predicted molar refractivity (Wildman–Crippen MR) is 78.1 cm³/mol. The molecule has 0 N–H and O–H groups in total. The van der Waals surface area contributed by atoms with Crippen LogP contribution in [0.3, 0.4) is 0 Å². The van der Waals surface area contributed by atoms with Crippen molar-refractivity contribution in [1.82, 2.24) is 0 Å². The first kappa shape index (κ1) is 16.9. The smallest absolute Gasteiger partial charge is 0.0411 e. The van der Waals surface area contributed by atoms with E-state index >= 15 is 0 Å². The van der Waals surface area contributed by atoms with Crippen LogP contribution in [0.5, 0.6) is 0 Å². The van der Waals surface area contributed by atoms with E-state index in [1.165, 1.54) is 16.3 Å². The van der Waals surface area contributed by atoms with Crippen molar-refractivity contribution in [2.75, 3.05) is 0 Å². The third kappa shape index (κ3) is 7.06. The third-order valence-corrected chi connectivity index (χ3v) is 2.09. The Morgan fingerprint density at radius 1 is 1.06 bits per heavy atom. The van der Waals surface area contributed by atoms with Crippen molar-refractivity contribution in [3.8, 4) is 0 Å². The molecular formula is C15H23SiZr-. The maximum atomic E-state index is 2.33. The van der Waals surface area contributed by atoms with Crippen LogP contribution in [0.2, 0.25) is 26.2 Å². The fourth-order valence-corrected chi connectivity index (χ4v) is 1.42. The molecule has 0 amide bonds. The maximum Gasteiger partial charge on any atom is 0.0411 e. The van der Waals surface area contributed by atoms with Gasteiger partial charge in [-0.3, -0.25) is 0 Å². The summed E-state index contributed by atoms with van der Waals surface area (Å²) < 4.78 is 0. The fraction of sp³-hybridized carbons (Fsp3) is 0.400. The SMILES string of the molecule is CCc1cc2ccccc2[cH-]1.C[Si](C)(C)C.[Zr]. The summed E-state index contributed by atoms with van der Waals surface area (Å²) in [4.78, 5) is 0. The molecule has 0 atom stereocenters. The minimum absolute atomic E-state index is 0. The fourth-order valence-electron chi connectivity index (χ4n) is 1.42. The quantitative estimate of drug-likeness (QED) is 0.508. The predicted octanol–water partition coefficient (Wildman–Crippen LogP) is 5.07. The van der Waals surface area contributed by atoms with Crippen LogP contribution >= 0.6 is 0 Å². The van der Waals surface area contributed by atoms with Crippen LogP contribution in [0.1, 0.15) is 12.5 Å². The first-order valence-corrected chi connectivity index (χ1v) is 10.0. The summed E-state index contributed by atoms with van der Waals surface area (Å²) in [6, 6.07) is 13.0. The molecule has 2 aromatic rings. The Morgan fingerprint density at radius 3 is 2.06 bits per heavy atom. The van der Waals surface area contributed by atoms with Gasteiger partial charge in [0.1, 0.15) is 0 Å². The van der Waals surface area contributed by atoms with Gasteiger partial charge in [0.15, 0.2) is 0 Å². The van der Waals surface area contributed by atoms with Crippen molar-refractivity contribution in [1.29, 1.82) is 0 Å². The first-order chi connectivity index (χ1) is 7.40. The molecule has 0 saturated heterocycles. The third-order valence-electron chi connectivity index (χ3n) is 2.09. The molecule has 0 fully saturated rings. The van der Waals surface area contributed by atoms with Gasteiger partial charge in [-0.15, -0.1) is 40.6 Å². The van der Waals surface area contributed by atoms with Crippen LogP contribution in [0.25, 0.3) is 10.8 Å². The molecular weight excluding hydrogens is 299 g/mol. The summed E-state index contributed by atoms with van der Waals surface area (Å²) in [5.41, 5.74) is 1.44. The molecule has 0 aliphatic carbocycles. The van der Waals surface area contributed by atoms with Crippen molar-refractivity contribution in [2.24, 2.45) is 0 Å². The van der Waals surface area contributed by atoms with Crippen LogP contribution < -0.4 is 0 Å². The molecule has 0 aliphatic rings. The molecule has 0 spiro atoms. The van der Waals surface area contributed by atoms with Crippen molar-refractivity contribution in [2.45, 2.75) is 39.5 Å². The Morgan fingerprint density at radius 2 is 1.59 bits per heavy atom. The molecule has 0 saturated carbocycles. The molecule has 2 heteroatoms. The van der Waals surface area contributed by atoms with E-state index in [0.717, 1.165) is 6.42 Å². The number of fused-ring (bicyclic) bond motifs is 1. The molecule has 0 radical (unpaired) electrons. The summed E-state index contributed by atoms with van der Waals surface area (Å²) in [5, 5.41) is 2.73. The van der Waals surface area contributed by atoms with Gasteiger partial charge in [-0.05, 0) is 6.42 Å². The zero-order chi connectivity index (χ0) is 12.2. The molecule has 0 unspecified atom stereocenters. The van der Waals surface area contributed by atoms with E-state index in [1.54, 1.807) is 0 Å². The molecule has 0 nitrogen and oxygen atoms in total. The Labute approximate surface area is 126 Å².